The number of aliphatic hydroxyl groups excluding tert-OH is 1. The molecule has 6 nitrogen and oxygen atoms in total. The number of hydroxylamine groups is 1. The highest BCUT2D eigenvalue weighted by Crippen LogP contribution is 2.26. The number of rotatable bonds is 7. The van der Waals surface area contributed by atoms with Crippen LogP contribution in [0.4, 0.5) is 0 Å². The van der Waals surface area contributed by atoms with Crippen LogP contribution in [0.1, 0.15) is 24.0 Å². The van der Waals surface area contributed by atoms with Gasteiger partial charge in [0.25, 0.3) is 5.91 Å². The van der Waals surface area contributed by atoms with Crippen molar-refractivity contribution in [3.8, 4) is 11.1 Å². The van der Waals surface area contributed by atoms with Gasteiger partial charge in [0.2, 0.25) is 0 Å². The zero-order valence-electron chi connectivity index (χ0n) is 15.0. The SMILES string of the molecule is CSC(CC1CC(c2ccc(-c3cccc(CO)c3)cc2)=NO1)C(=O)NO. The van der Waals surface area contributed by atoms with Crippen molar-refractivity contribution in [3.05, 3.63) is 59.7 Å². The van der Waals surface area contributed by atoms with E-state index >= 15 is 0 Å². The average molecular weight is 386 g/mol. The van der Waals surface area contributed by atoms with Crippen LogP contribution in [0.15, 0.2) is 53.7 Å². The third kappa shape index (κ3) is 4.68. The summed E-state index contributed by atoms with van der Waals surface area (Å²) in [5.74, 6) is -0.422. The highest BCUT2D eigenvalue weighted by atomic mass is 32.2. The maximum atomic E-state index is 11.6. The number of carbonyl (C=O) groups is 1. The molecule has 0 saturated carbocycles. The maximum Gasteiger partial charge on any atom is 0.256 e. The van der Waals surface area contributed by atoms with Crippen molar-refractivity contribution < 1.29 is 19.9 Å². The summed E-state index contributed by atoms with van der Waals surface area (Å²) in [4.78, 5) is 17.1. The molecule has 0 bridgehead atoms. The predicted octanol–water partition coefficient (Wildman–Crippen LogP) is 2.97. The van der Waals surface area contributed by atoms with Crippen LogP contribution in [0.3, 0.4) is 0 Å². The van der Waals surface area contributed by atoms with Gasteiger partial charge < -0.3 is 9.94 Å². The molecule has 1 aliphatic heterocycles. The quantitative estimate of drug-likeness (QED) is 0.503. The lowest BCUT2D eigenvalue weighted by Gasteiger charge is -2.15. The molecule has 1 aliphatic rings. The molecule has 0 aromatic heterocycles. The first kappa shape index (κ1) is 19.4. The first-order valence-corrected chi connectivity index (χ1v) is 9.93. The van der Waals surface area contributed by atoms with Crippen molar-refractivity contribution in [2.24, 2.45) is 5.16 Å². The molecule has 2 aromatic carbocycles. The number of nitrogens with one attached hydrogen (secondary N) is 1. The Hall–Kier alpha value is -2.35. The smallest absolute Gasteiger partial charge is 0.256 e. The minimum Gasteiger partial charge on any atom is -0.392 e. The summed E-state index contributed by atoms with van der Waals surface area (Å²) in [7, 11) is 0. The molecule has 27 heavy (non-hydrogen) atoms. The molecule has 0 saturated heterocycles. The fourth-order valence-corrected chi connectivity index (χ4v) is 3.72. The zero-order chi connectivity index (χ0) is 19.2. The van der Waals surface area contributed by atoms with E-state index in [1.807, 2.05) is 54.8 Å². The Labute approximate surface area is 162 Å². The summed E-state index contributed by atoms with van der Waals surface area (Å²) < 4.78 is 0. The van der Waals surface area contributed by atoms with E-state index < -0.39 is 5.91 Å². The second-order valence-electron chi connectivity index (χ2n) is 6.34. The van der Waals surface area contributed by atoms with Crippen LogP contribution in [0.25, 0.3) is 11.1 Å². The number of hydrogen-bond donors (Lipinski definition) is 3. The Bertz CT molecular complexity index is 823. The number of thioether (sulfide) groups is 1. The Morgan fingerprint density at radius 3 is 2.67 bits per heavy atom. The van der Waals surface area contributed by atoms with E-state index in [0.29, 0.717) is 12.8 Å². The molecule has 0 fully saturated rings. The standard InChI is InChI=1S/C20H22N2O4S/c1-27-19(20(24)21-25)11-17-10-18(22-26-17)15-7-5-14(6-8-15)16-4-2-3-13(9-16)12-23/h2-9,17,19,23,25H,10-12H2,1H3,(H,21,24). The van der Waals surface area contributed by atoms with E-state index in [-0.39, 0.29) is 18.0 Å². The molecule has 2 atom stereocenters. The van der Waals surface area contributed by atoms with Gasteiger partial charge in [-0.1, -0.05) is 47.6 Å². The molecule has 0 spiro atoms. The number of nitrogens with zero attached hydrogens (tertiary/aromatic N) is 1. The van der Waals surface area contributed by atoms with Crippen LogP contribution in [-0.2, 0) is 16.2 Å². The molecule has 2 unspecified atom stereocenters. The van der Waals surface area contributed by atoms with Crippen molar-refractivity contribution in [2.45, 2.75) is 30.8 Å². The van der Waals surface area contributed by atoms with Gasteiger partial charge in [0.1, 0.15) is 6.10 Å². The molecular weight excluding hydrogens is 364 g/mol. The fraction of sp³-hybridized carbons (Fsp3) is 0.300. The lowest BCUT2D eigenvalue weighted by atomic mass is 9.98. The second-order valence-corrected chi connectivity index (χ2v) is 7.38. The van der Waals surface area contributed by atoms with Gasteiger partial charge in [0.15, 0.2) is 0 Å². The van der Waals surface area contributed by atoms with Crippen molar-refractivity contribution in [1.29, 1.82) is 0 Å². The molecule has 1 heterocycles. The summed E-state index contributed by atoms with van der Waals surface area (Å²) >= 11 is 1.37. The Kier molecular flexibility index (Phi) is 6.49. The lowest BCUT2D eigenvalue weighted by Crippen LogP contribution is -2.32. The highest BCUT2D eigenvalue weighted by Gasteiger charge is 2.28. The average Bonchev–Trinajstić information content (AvgIpc) is 3.20. The van der Waals surface area contributed by atoms with Crippen LogP contribution >= 0.6 is 11.8 Å². The van der Waals surface area contributed by atoms with Crippen molar-refractivity contribution in [2.75, 3.05) is 6.26 Å². The zero-order valence-corrected chi connectivity index (χ0v) is 15.8. The summed E-state index contributed by atoms with van der Waals surface area (Å²) in [5, 5.41) is 21.9. The van der Waals surface area contributed by atoms with Crippen LogP contribution in [0.2, 0.25) is 0 Å². The third-order valence-corrected chi connectivity index (χ3v) is 5.53. The lowest BCUT2D eigenvalue weighted by molar-refractivity contribution is -0.129. The van der Waals surface area contributed by atoms with Gasteiger partial charge in [0.05, 0.1) is 17.6 Å². The summed E-state index contributed by atoms with van der Waals surface area (Å²) in [6.07, 6.45) is 2.73. The second kappa shape index (κ2) is 9.03. The van der Waals surface area contributed by atoms with E-state index in [2.05, 4.69) is 5.16 Å². The first-order valence-electron chi connectivity index (χ1n) is 8.64. The van der Waals surface area contributed by atoms with Crippen LogP contribution in [0, 0.1) is 0 Å². The van der Waals surface area contributed by atoms with Gasteiger partial charge in [-0.2, -0.15) is 11.8 Å². The van der Waals surface area contributed by atoms with E-state index in [0.717, 1.165) is 28.0 Å². The normalized spacial score (nSPS) is 17.1. The number of carbonyl (C=O) groups excluding carboxylic acids is 1. The van der Waals surface area contributed by atoms with Gasteiger partial charge >= 0.3 is 0 Å². The first-order chi connectivity index (χ1) is 13.1. The minimum atomic E-state index is -0.422. The van der Waals surface area contributed by atoms with E-state index in [9.17, 15) is 9.90 Å². The van der Waals surface area contributed by atoms with Crippen LogP contribution < -0.4 is 5.48 Å². The van der Waals surface area contributed by atoms with Crippen LogP contribution in [0.5, 0.6) is 0 Å². The molecule has 142 valence electrons. The molecule has 7 heteroatoms. The molecule has 1 amide bonds. The number of hydrogen-bond acceptors (Lipinski definition) is 6. The molecule has 0 aliphatic carbocycles. The fourth-order valence-electron chi connectivity index (χ4n) is 3.05. The van der Waals surface area contributed by atoms with Gasteiger partial charge in [-0.3, -0.25) is 10.0 Å². The van der Waals surface area contributed by atoms with Gasteiger partial charge in [-0.15, -0.1) is 0 Å². The Balaban J connectivity index is 1.65. The van der Waals surface area contributed by atoms with E-state index in [1.54, 1.807) is 5.48 Å². The monoisotopic (exact) mass is 386 g/mol. The number of aliphatic hydroxyl groups is 1. The summed E-state index contributed by atoms with van der Waals surface area (Å²) in [5.41, 5.74) is 6.51. The number of benzene rings is 2. The summed E-state index contributed by atoms with van der Waals surface area (Å²) in [6, 6.07) is 15.8. The minimum absolute atomic E-state index is 0.0206. The van der Waals surface area contributed by atoms with E-state index in [4.69, 9.17) is 10.0 Å². The maximum absolute atomic E-state index is 11.6. The Morgan fingerprint density at radius 1 is 1.26 bits per heavy atom. The van der Waals surface area contributed by atoms with E-state index in [1.165, 1.54) is 11.8 Å². The van der Waals surface area contributed by atoms with Gasteiger partial charge in [-0.05, 0) is 34.6 Å². The molecular formula is C20H22N2O4S. The number of amides is 1. The van der Waals surface area contributed by atoms with Crippen molar-refractivity contribution in [1.82, 2.24) is 5.48 Å². The largest absolute Gasteiger partial charge is 0.392 e. The highest BCUT2D eigenvalue weighted by molar-refractivity contribution is 7.99. The Morgan fingerprint density at radius 2 is 2.00 bits per heavy atom. The molecule has 2 aromatic rings. The van der Waals surface area contributed by atoms with Crippen LogP contribution in [-0.4, -0.2) is 39.5 Å². The third-order valence-electron chi connectivity index (χ3n) is 4.56. The molecule has 0 radical (unpaired) electrons. The molecule has 3 rings (SSSR count). The van der Waals surface area contributed by atoms with Gasteiger partial charge in [-0.25, -0.2) is 5.48 Å². The molecule has 3 N–H and O–H groups in total. The van der Waals surface area contributed by atoms with Crippen molar-refractivity contribution >= 4 is 23.4 Å². The van der Waals surface area contributed by atoms with Gasteiger partial charge in [0, 0.05) is 12.8 Å². The topological polar surface area (TPSA) is 91.2 Å². The summed E-state index contributed by atoms with van der Waals surface area (Å²) in [6.45, 7) is 0.0206. The number of oxime groups is 1. The van der Waals surface area contributed by atoms with Crippen molar-refractivity contribution in [3.63, 3.8) is 0 Å². The predicted molar refractivity (Wildman–Crippen MR) is 106 cm³/mol.